The Kier molecular flexibility index (Phi) is 4.52. The second-order valence-electron chi connectivity index (χ2n) is 5.95. The van der Waals surface area contributed by atoms with E-state index in [0.29, 0.717) is 29.9 Å². The van der Waals surface area contributed by atoms with Gasteiger partial charge >= 0.3 is 0 Å². The Morgan fingerprint density at radius 2 is 2.14 bits per heavy atom. The smallest absolute Gasteiger partial charge is 0.252 e. The van der Waals surface area contributed by atoms with Gasteiger partial charge in [0.05, 0.1) is 6.07 Å². The van der Waals surface area contributed by atoms with E-state index in [1.54, 1.807) is 25.1 Å². The van der Waals surface area contributed by atoms with Crippen molar-refractivity contribution in [3.63, 3.8) is 0 Å². The molecule has 4 nitrogen and oxygen atoms in total. The highest BCUT2D eigenvalue weighted by molar-refractivity contribution is 5.96. The molecule has 0 spiro atoms. The number of benzene rings is 1. The van der Waals surface area contributed by atoms with Crippen LogP contribution in [0.3, 0.4) is 0 Å². The highest BCUT2D eigenvalue weighted by Gasteiger charge is 2.36. The van der Waals surface area contributed by atoms with E-state index in [0.717, 1.165) is 19.3 Å². The maximum absolute atomic E-state index is 12.4. The number of phenolic OH excluding ortho intramolecular Hbond substituents is 1. The predicted octanol–water partition coefficient (Wildman–Crippen LogP) is 3.29. The number of amides is 1. The molecule has 0 radical (unpaired) electrons. The van der Waals surface area contributed by atoms with Gasteiger partial charge in [0.15, 0.2) is 0 Å². The molecule has 0 aromatic heterocycles. The van der Waals surface area contributed by atoms with Gasteiger partial charge in [-0.1, -0.05) is 19.4 Å². The van der Waals surface area contributed by atoms with Crippen LogP contribution in [0.1, 0.15) is 54.9 Å². The summed E-state index contributed by atoms with van der Waals surface area (Å²) in [7, 11) is 0. The molecule has 112 valence electrons. The van der Waals surface area contributed by atoms with Gasteiger partial charge in [0.1, 0.15) is 11.3 Å². The summed E-state index contributed by atoms with van der Waals surface area (Å²) in [6, 6.07) is 7.17. The van der Waals surface area contributed by atoms with Crippen LogP contribution in [0.25, 0.3) is 0 Å². The summed E-state index contributed by atoms with van der Waals surface area (Å²) in [4.78, 5) is 12.4. The minimum Gasteiger partial charge on any atom is -0.508 e. The van der Waals surface area contributed by atoms with Gasteiger partial charge in [-0.15, -0.1) is 0 Å². The van der Waals surface area contributed by atoms with E-state index < -0.39 is 5.54 Å². The maximum Gasteiger partial charge on any atom is 0.252 e. The molecule has 1 aromatic carbocycles. The van der Waals surface area contributed by atoms with Gasteiger partial charge in [-0.2, -0.15) is 5.26 Å². The summed E-state index contributed by atoms with van der Waals surface area (Å²) in [6.07, 6.45) is 4.48. The van der Waals surface area contributed by atoms with Crippen molar-refractivity contribution in [2.45, 2.75) is 51.5 Å². The number of phenols is 1. The summed E-state index contributed by atoms with van der Waals surface area (Å²) < 4.78 is 0. The van der Waals surface area contributed by atoms with Crippen molar-refractivity contribution in [2.75, 3.05) is 0 Å². The van der Waals surface area contributed by atoms with Crippen LogP contribution in [0, 0.1) is 24.2 Å². The Labute approximate surface area is 125 Å². The van der Waals surface area contributed by atoms with Gasteiger partial charge in [0.2, 0.25) is 0 Å². The zero-order valence-corrected chi connectivity index (χ0v) is 12.6. The molecule has 1 aliphatic carbocycles. The van der Waals surface area contributed by atoms with Gasteiger partial charge in [-0.25, -0.2) is 0 Å². The minimum absolute atomic E-state index is 0.100. The summed E-state index contributed by atoms with van der Waals surface area (Å²) in [5.74, 6) is 0.481. The molecule has 1 aliphatic rings. The quantitative estimate of drug-likeness (QED) is 0.895. The molecule has 2 N–H and O–H groups in total. The number of carbonyl (C=O) groups is 1. The Morgan fingerprint density at radius 3 is 2.71 bits per heavy atom. The number of nitrogens with one attached hydrogen (secondary N) is 1. The van der Waals surface area contributed by atoms with Crippen LogP contribution < -0.4 is 5.32 Å². The predicted molar refractivity (Wildman–Crippen MR) is 80.9 cm³/mol. The van der Waals surface area contributed by atoms with E-state index in [1.807, 2.05) is 0 Å². The maximum atomic E-state index is 12.4. The van der Waals surface area contributed by atoms with E-state index in [1.165, 1.54) is 0 Å². The van der Waals surface area contributed by atoms with Crippen molar-refractivity contribution >= 4 is 5.91 Å². The first-order valence-electron chi connectivity index (χ1n) is 7.53. The highest BCUT2D eigenvalue weighted by Crippen LogP contribution is 2.33. The summed E-state index contributed by atoms with van der Waals surface area (Å²) >= 11 is 0. The number of aromatic hydroxyl groups is 1. The minimum atomic E-state index is -0.763. The summed E-state index contributed by atoms with van der Waals surface area (Å²) in [5.41, 5.74) is 0.216. The SMILES string of the molecule is CCC1CCC(C#N)(NC(=O)c2cccc(O)c2C)CC1. The van der Waals surface area contributed by atoms with Crippen molar-refractivity contribution in [3.05, 3.63) is 29.3 Å². The number of nitrogens with zero attached hydrogens (tertiary/aromatic N) is 1. The fourth-order valence-corrected chi connectivity index (χ4v) is 3.00. The standard InChI is InChI=1S/C17H22N2O2/c1-3-13-7-9-17(11-18,10-8-13)19-16(21)14-5-4-6-15(20)12(14)2/h4-6,13,20H,3,7-10H2,1-2H3,(H,19,21). The van der Waals surface area contributed by atoms with Crippen LogP contribution in [0.2, 0.25) is 0 Å². The van der Waals surface area contributed by atoms with Gasteiger partial charge in [0, 0.05) is 11.1 Å². The monoisotopic (exact) mass is 286 g/mol. The van der Waals surface area contributed by atoms with Crippen LogP contribution in [0.4, 0.5) is 0 Å². The molecule has 0 atom stereocenters. The summed E-state index contributed by atoms with van der Waals surface area (Å²) in [6.45, 7) is 3.87. The van der Waals surface area contributed by atoms with Crippen molar-refractivity contribution in [3.8, 4) is 11.8 Å². The molecule has 2 rings (SSSR count). The fraction of sp³-hybridized carbons (Fsp3) is 0.529. The van der Waals surface area contributed by atoms with Gasteiger partial charge in [-0.3, -0.25) is 4.79 Å². The normalized spacial score (nSPS) is 25.1. The van der Waals surface area contributed by atoms with E-state index in [9.17, 15) is 15.2 Å². The van der Waals surface area contributed by atoms with Crippen LogP contribution >= 0.6 is 0 Å². The molecular weight excluding hydrogens is 264 g/mol. The van der Waals surface area contributed by atoms with Crippen molar-refractivity contribution in [1.29, 1.82) is 5.26 Å². The van der Waals surface area contributed by atoms with Gasteiger partial charge in [0.25, 0.3) is 5.91 Å². The number of nitriles is 1. The zero-order valence-electron chi connectivity index (χ0n) is 12.6. The third-order valence-corrected chi connectivity index (χ3v) is 4.65. The van der Waals surface area contributed by atoms with Gasteiger partial charge < -0.3 is 10.4 Å². The van der Waals surface area contributed by atoms with E-state index in [2.05, 4.69) is 18.3 Å². The molecule has 1 saturated carbocycles. The molecule has 0 unspecified atom stereocenters. The first-order valence-corrected chi connectivity index (χ1v) is 7.53. The molecule has 0 aliphatic heterocycles. The van der Waals surface area contributed by atoms with E-state index >= 15 is 0 Å². The van der Waals surface area contributed by atoms with E-state index in [-0.39, 0.29) is 11.7 Å². The molecule has 0 saturated heterocycles. The lowest BCUT2D eigenvalue weighted by Gasteiger charge is -2.35. The molecule has 1 aromatic rings. The third-order valence-electron chi connectivity index (χ3n) is 4.65. The highest BCUT2D eigenvalue weighted by atomic mass is 16.3. The third kappa shape index (κ3) is 3.18. The second kappa shape index (κ2) is 6.17. The molecule has 21 heavy (non-hydrogen) atoms. The first-order chi connectivity index (χ1) is 10.0. The van der Waals surface area contributed by atoms with Crippen LogP contribution in [0.5, 0.6) is 5.75 Å². The Hall–Kier alpha value is -2.02. The largest absolute Gasteiger partial charge is 0.508 e. The zero-order chi connectivity index (χ0) is 15.5. The lowest BCUT2D eigenvalue weighted by Crippen LogP contribution is -2.49. The fourth-order valence-electron chi connectivity index (χ4n) is 3.00. The number of hydrogen-bond donors (Lipinski definition) is 2. The van der Waals surface area contributed by atoms with Crippen LogP contribution in [0.15, 0.2) is 18.2 Å². The number of rotatable bonds is 3. The molecule has 1 amide bonds. The molecule has 4 heteroatoms. The van der Waals surface area contributed by atoms with Crippen LogP contribution in [-0.4, -0.2) is 16.6 Å². The number of carbonyl (C=O) groups excluding carboxylic acids is 1. The van der Waals surface area contributed by atoms with Crippen molar-refractivity contribution < 1.29 is 9.90 Å². The molecule has 0 bridgehead atoms. The summed E-state index contributed by atoms with van der Waals surface area (Å²) in [5, 5.41) is 22.1. The van der Waals surface area contributed by atoms with Crippen molar-refractivity contribution in [1.82, 2.24) is 5.32 Å². The lowest BCUT2D eigenvalue weighted by atomic mass is 9.76. The Morgan fingerprint density at radius 1 is 1.48 bits per heavy atom. The van der Waals surface area contributed by atoms with E-state index in [4.69, 9.17) is 0 Å². The molecular formula is C17H22N2O2. The molecule has 0 heterocycles. The first kappa shape index (κ1) is 15.4. The Balaban J connectivity index is 2.14. The Bertz CT molecular complexity index is 567. The average molecular weight is 286 g/mol. The van der Waals surface area contributed by atoms with Crippen LogP contribution in [-0.2, 0) is 0 Å². The molecule has 1 fully saturated rings. The van der Waals surface area contributed by atoms with Gasteiger partial charge in [-0.05, 0) is 50.7 Å². The van der Waals surface area contributed by atoms with Crippen molar-refractivity contribution in [2.24, 2.45) is 5.92 Å². The second-order valence-corrected chi connectivity index (χ2v) is 5.95. The lowest BCUT2D eigenvalue weighted by molar-refractivity contribution is 0.0890. The number of hydrogen-bond acceptors (Lipinski definition) is 3. The average Bonchev–Trinajstić information content (AvgIpc) is 2.50. The topological polar surface area (TPSA) is 73.1 Å².